The minimum absolute atomic E-state index is 0. The molecule has 750 valence electrons. The van der Waals surface area contributed by atoms with Crippen molar-refractivity contribution >= 4 is 87.7 Å². The van der Waals surface area contributed by atoms with Gasteiger partial charge in [0.15, 0.2) is 34.1 Å². The molecule has 2 amide bonds. The molecular formula is C101H132Cl4N20O13Si2. The Labute approximate surface area is 843 Å². The predicted octanol–water partition coefficient (Wildman–Crippen LogP) is 22.1. The van der Waals surface area contributed by atoms with Gasteiger partial charge in [0.1, 0.15) is 101 Å². The maximum Gasteiger partial charge on any atom is 0.410 e. The maximum absolute atomic E-state index is 12.9. The third-order valence-corrected chi connectivity index (χ3v) is 34.8. The number of fused-ring (bicyclic) bond motifs is 3. The summed E-state index contributed by atoms with van der Waals surface area (Å²) >= 11 is 20.1. The van der Waals surface area contributed by atoms with Crippen LogP contribution < -0.4 is 29.3 Å². The molecule has 0 spiro atoms. The van der Waals surface area contributed by atoms with Crippen molar-refractivity contribution in [3.63, 3.8) is 0 Å². The summed E-state index contributed by atoms with van der Waals surface area (Å²) in [5.41, 5.74) is 16.6. The number of nitrogens with zero attached hydrogens (tertiary/aromatic N) is 19. The minimum atomic E-state index is -2.24. The van der Waals surface area contributed by atoms with Gasteiger partial charge in [-0.3, -0.25) is 0 Å². The number of halogens is 4. The Kier molecular flexibility index (Phi) is 35.7. The molecule has 0 radical (unpaired) electrons. The van der Waals surface area contributed by atoms with Crippen LogP contribution >= 0.6 is 47.2 Å². The van der Waals surface area contributed by atoms with E-state index in [4.69, 9.17) is 106 Å². The quantitative estimate of drug-likeness (QED) is 0.0357. The van der Waals surface area contributed by atoms with Crippen LogP contribution in [0.2, 0.25) is 51.5 Å². The fourth-order valence-corrected chi connectivity index (χ4v) is 18.5. The molecule has 12 heterocycles. The van der Waals surface area contributed by atoms with Crippen LogP contribution in [0, 0.1) is 62.3 Å². The normalized spacial score (nSPS) is 13.7. The van der Waals surface area contributed by atoms with Gasteiger partial charge in [-0.05, 0) is 195 Å². The lowest BCUT2D eigenvalue weighted by Crippen LogP contribution is -2.49. The van der Waals surface area contributed by atoms with Gasteiger partial charge in [-0.2, -0.15) is 0 Å². The standard InChI is InChI=1S/C37H50ClN7O5Si.C31H45ClN4O5Si.C27H29ClN6O3.C6H7N3.ClH/c1-22-32(31-23(2)43-49-24(31)3)41-33(42-34(22)45-17-25-16-39-21-40-30(25)19-45)28-15-26(13-14-29(28)38)47-20-27(50-51(11,12)37(7,8)9)18-44(10)35(46)48-36(4,5)6;1-19-26(25-20(2)35-40-21(25)3)33-28(34-27(19)32)22-14-13-15-23(16-22)38-18-24(41-42(11,12)31(7,8)9)17-36(10)29(37)39-30(4,5)6;1-5-6-19(35)13-36-20-7-8-22(28)21(9-20)26-31-25(24-16(3)33-37-17(24)4)15(2)27(32-26)34-11-18-10-29-14-30-23(18)12-34;1-5-2-8-4-9-6(5)3-7-1;/h13-16,21,27H,17-20H2,1-12H3;13-16,24H,17-18H2,1-12H3;7-10,14,19,35H,5-6,11-13H2,1-4H3;2,4,7H,1,3H2;1H/t27-;24-;19-;;/m111../s1. The third-order valence-electron chi connectivity index (χ3n) is 24.7. The zero-order valence-electron chi connectivity index (χ0n) is 85.5. The van der Waals surface area contributed by atoms with Gasteiger partial charge in [0, 0.05) is 109 Å². The number of anilines is 2. The molecule has 0 unspecified atom stereocenters. The monoisotopic (exact) mass is 2030 g/mol. The van der Waals surface area contributed by atoms with Crippen LogP contribution in [-0.2, 0) is 57.6 Å². The Morgan fingerprint density at radius 1 is 0.493 bits per heavy atom. The number of likely N-dealkylation sites (N-methyl/N-ethyl adjacent to an activating group) is 2. The van der Waals surface area contributed by atoms with Gasteiger partial charge in [0.25, 0.3) is 0 Å². The molecule has 0 aliphatic carbocycles. The van der Waals surface area contributed by atoms with Crippen LogP contribution in [0.15, 0.2) is 112 Å². The number of nitrogens with one attached hydrogen (secondary N) is 1. The Morgan fingerprint density at radius 2 is 0.886 bits per heavy atom. The lowest BCUT2D eigenvalue weighted by Gasteiger charge is -2.40. The number of aromatic nitrogens is 15. The summed E-state index contributed by atoms with van der Waals surface area (Å²) in [5, 5.41) is 27.0. The third kappa shape index (κ3) is 27.3. The van der Waals surface area contributed by atoms with Crippen molar-refractivity contribution in [1.82, 2.24) is 90.4 Å². The number of benzene rings is 3. The molecule has 3 atom stereocenters. The fourth-order valence-electron chi connectivity index (χ4n) is 15.3. The molecule has 3 aromatic carbocycles. The van der Waals surface area contributed by atoms with Crippen LogP contribution in [0.25, 0.3) is 67.9 Å². The molecule has 3 aliphatic rings. The van der Waals surface area contributed by atoms with Crippen molar-refractivity contribution in [2.24, 2.45) is 0 Å². The molecule has 0 bridgehead atoms. The van der Waals surface area contributed by atoms with E-state index in [-0.39, 0.29) is 55.0 Å². The number of aryl methyl sites for hydroxylation is 6. The van der Waals surface area contributed by atoms with Crippen molar-refractivity contribution in [3.05, 3.63) is 198 Å². The molecule has 140 heavy (non-hydrogen) atoms. The number of hydrogen-bond donors (Lipinski definition) is 2. The summed E-state index contributed by atoms with van der Waals surface area (Å²) in [4.78, 5) is 87.9. The Balaban J connectivity index is 0.000000193. The van der Waals surface area contributed by atoms with E-state index in [9.17, 15) is 14.7 Å². The summed E-state index contributed by atoms with van der Waals surface area (Å²) in [6, 6.07) is 18.3. The highest BCUT2D eigenvalue weighted by Gasteiger charge is 2.43. The molecule has 0 saturated heterocycles. The number of aliphatic hydroxyl groups excluding tert-OH is 1. The summed E-state index contributed by atoms with van der Waals surface area (Å²) in [5.74, 6) is 6.66. The fraction of sp³-hybridized carbons (Fsp3) is 0.475. The SMILES string of the molecule is CCC[C@@H](O)COc1ccc(Cl)c(-c2nc(-c3c(C)noc3C)c(C)c(N3Cc4cncnc4C3)n2)c1.Cc1noc(C)c1-c1nc(-c2cc(OC[C@@H](CN(C)C(=O)OC(C)(C)C)O[Si](C)(C)C(C)(C)C)ccc2Cl)nc(N2Cc3cncnc3C2)c1C.Cc1noc(C)c1-c1nc(-c2cccc(OC[C@@H](CN(C)C(=O)OC(C)(C)C)O[Si](C)(C)C(C)(C)C)c2)nc(Cl)c1C.Cl.c1ncc2c(n1)CNC2. The number of ether oxygens (including phenoxy) is 5. The minimum Gasteiger partial charge on any atom is -0.491 e. The van der Waals surface area contributed by atoms with Gasteiger partial charge in [0.2, 0.25) is 0 Å². The molecule has 15 rings (SSSR count). The second-order valence-electron chi connectivity index (χ2n) is 40.3. The van der Waals surface area contributed by atoms with Crippen LogP contribution in [-0.4, -0.2) is 196 Å². The van der Waals surface area contributed by atoms with E-state index in [2.05, 4.69) is 133 Å². The number of aliphatic hydroxyl groups is 1. The number of carbonyl (C=O) groups is 2. The Hall–Kier alpha value is -11.3. The van der Waals surface area contributed by atoms with Gasteiger partial charge in [-0.1, -0.05) is 117 Å². The van der Waals surface area contributed by atoms with Gasteiger partial charge in [0.05, 0.1) is 122 Å². The van der Waals surface area contributed by atoms with Crippen LogP contribution in [0.5, 0.6) is 17.2 Å². The second-order valence-corrected chi connectivity index (χ2v) is 51.0. The first kappa shape index (κ1) is 109. The lowest BCUT2D eigenvalue weighted by atomic mass is 10.0. The largest absolute Gasteiger partial charge is 0.491 e. The number of carbonyl (C=O) groups excluding carboxylic acids is 2. The van der Waals surface area contributed by atoms with Gasteiger partial charge < -0.3 is 76.1 Å². The van der Waals surface area contributed by atoms with E-state index in [1.54, 1.807) is 61.1 Å². The van der Waals surface area contributed by atoms with E-state index < -0.39 is 52.2 Å². The molecule has 3 aliphatic heterocycles. The topological polar surface area (TPSA) is 377 Å². The van der Waals surface area contributed by atoms with E-state index in [0.717, 1.165) is 121 Å². The van der Waals surface area contributed by atoms with Crippen molar-refractivity contribution in [2.75, 3.05) is 56.8 Å². The van der Waals surface area contributed by atoms with Gasteiger partial charge in [-0.15, -0.1) is 12.4 Å². The highest BCUT2D eigenvalue weighted by Crippen LogP contribution is 2.45. The average molecular weight is 2030 g/mol. The molecule has 9 aromatic heterocycles. The molecule has 0 saturated carbocycles. The van der Waals surface area contributed by atoms with Crippen molar-refractivity contribution in [2.45, 2.75) is 270 Å². The Bertz CT molecular complexity index is 6220. The predicted molar refractivity (Wildman–Crippen MR) is 549 cm³/mol. The lowest BCUT2D eigenvalue weighted by molar-refractivity contribution is 0.0166. The zero-order valence-corrected chi connectivity index (χ0v) is 90.6. The molecule has 0 fully saturated rings. The maximum atomic E-state index is 12.9. The highest BCUT2D eigenvalue weighted by molar-refractivity contribution is 6.74. The second kappa shape index (κ2) is 45.8. The number of hydrogen-bond acceptors (Lipinski definition) is 31. The summed E-state index contributed by atoms with van der Waals surface area (Å²) in [7, 11) is -0.994. The number of amides is 2. The van der Waals surface area contributed by atoms with Crippen LogP contribution in [0.1, 0.15) is 188 Å². The number of rotatable bonds is 27. The first-order valence-electron chi connectivity index (χ1n) is 46.5. The van der Waals surface area contributed by atoms with Crippen molar-refractivity contribution in [3.8, 4) is 85.2 Å². The summed E-state index contributed by atoms with van der Waals surface area (Å²) in [6.45, 7) is 57.6. The van der Waals surface area contributed by atoms with Gasteiger partial charge >= 0.3 is 12.2 Å². The smallest absolute Gasteiger partial charge is 0.410 e. The molecule has 39 heteroatoms. The molecule has 33 nitrogen and oxygen atoms in total. The first-order chi connectivity index (χ1) is 65.3. The first-order valence-corrected chi connectivity index (χ1v) is 53.5. The van der Waals surface area contributed by atoms with E-state index in [0.29, 0.717) is 129 Å². The average Bonchev–Trinajstić information content (AvgIpc) is 1.59. The van der Waals surface area contributed by atoms with Crippen molar-refractivity contribution in [1.29, 1.82) is 0 Å². The molecule has 2 N–H and O–H groups in total. The van der Waals surface area contributed by atoms with Gasteiger partial charge in [-0.25, -0.2) is 69.4 Å². The van der Waals surface area contributed by atoms with E-state index in [1.165, 1.54) is 5.56 Å². The summed E-state index contributed by atoms with van der Waals surface area (Å²) < 4.78 is 59.6. The Morgan fingerprint density at radius 3 is 1.27 bits per heavy atom. The van der Waals surface area contributed by atoms with E-state index >= 15 is 0 Å². The molecular weight excluding hydrogens is 1900 g/mol. The zero-order chi connectivity index (χ0) is 101. The summed E-state index contributed by atoms with van der Waals surface area (Å²) in [6.07, 6.45) is 9.69. The molecule has 12 aromatic rings. The van der Waals surface area contributed by atoms with Crippen LogP contribution in [0.3, 0.4) is 0 Å². The van der Waals surface area contributed by atoms with Crippen LogP contribution in [0.4, 0.5) is 21.2 Å². The van der Waals surface area contributed by atoms with E-state index in [1.807, 2.05) is 172 Å². The van der Waals surface area contributed by atoms with Crippen molar-refractivity contribution < 1.29 is 60.8 Å². The highest BCUT2D eigenvalue weighted by atomic mass is 35.5.